The van der Waals surface area contributed by atoms with Crippen molar-refractivity contribution in [3.8, 4) is 0 Å². The standard InChI is InChI=1S/C31H42Cl2N2O3/c1-20-4-5-21(18-27(20)35(16-14-32)17-15-33)29(37)38-23-10-12-30(2)22(19-23)6-7-24-25(30)11-13-31(3)26(24)8-9-28(36)34-31/h4-6,18,23-26H,7-17,19H2,1-3H3,(H,34,36)/t23-,24+,25-,26-,30-,31-/m0/s1. The van der Waals surface area contributed by atoms with E-state index in [2.05, 4.69) is 30.1 Å². The first-order chi connectivity index (χ1) is 18.2. The molecule has 6 atom stereocenters. The molecule has 208 valence electrons. The number of nitrogens with one attached hydrogen (secondary N) is 1. The summed E-state index contributed by atoms with van der Waals surface area (Å²) >= 11 is 12.0. The van der Waals surface area contributed by atoms with Crippen molar-refractivity contribution in [3.63, 3.8) is 0 Å². The Hall–Kier alpha value is -1.72. The maximum absolute atomic E-state index is 13.3. The second-order valence-corrected chi connectivity index (χ2v) is 13.2. The minimum Gasteiger partial charge on any atom is -0.458 e. The summed E-state index contributed by atoms with van der Waals surface area (Å²) in [5.74, 6) is 2.77. The largest absolute Gasteiger partial charge is 0.458 e. The van der Waals surface area contributed by atoms with Crippen molar-refractivity contribution >= 4 is 40.8 Å². The highest BCUT2D eigenvalue weighted by Crippen LogP contribution is 2.60. The van der Waals surface area contributed by atoms with E-state index in [0.29, 0.717) is 54.6 Å². The number of aryl methyl sites for hydroxylation is 1. The van der Waals surface area contributed by atoms with Gasteiger partial charge in [0.1, 0.15) is 6.10 Å². The molecular weight excluding hydrogens is 519 g/mol. The van der Waals surface area contributed by atoms with Crippen LogP contribution < -0.4 is 10.2 Å². The lowest BCUT2D eigenvalue weighted by molar-refractivity contribution is -0.131. The van der Waals surface area contributed by atoms with Gasteiger partial charge >= 0.3 is 5.97 Å². The molecule has 0 bridgehead atoms. The van der Waals surface area contributed by atoms with E-state index >= 15 is 0 Å². The van der Waals surface area contributed by atoms with Gasteiger partial charge in [-0.2, -0.15) is 0 Å². The monoisotopic (exact) mass is 560 g/mol. The molecule has 5 nitrogen and oxygen atoms in total. The Morgan fingerprint density at radius 2 is 1.87 bits per heavy atom. The molecule has 1 heterocycles. The summed E-state index contributed by atoms with van der Waals surface area (Å²) in [6.07, 6.45) is 10.1. The van der Waals surface area contributed by atoms with E-state index in [4.69, 9.17) is 27.9 Å². The van der Waals surface area contributed by atoms with Crippen LogP contribution in [-0.4, -0.2) is 48.4 Å². The Bertz CT molecular complexity index is 1100. The van der Waals surface area contributed by atoms with Gasteiger partial charge < -0.3 is 15.0 Å². The number of alkyl halides is 2. The third kappa shape index (κ3) is 5.10. The van der Waals surface area contributed by atoms with Gasteiger partial charge in [0.05, 0.1) is 5.56 Å². The van der Waals surface area contributed by atoms with E-state index in [0.717, 1.165) is 56.2 Å². The highest BCUT2D eigenvalue weighted by atomic mass is 35.5. The summed E-state index contributed by atoms with van der Waals surface area (Å²) in [5.41, 5.74) is 4.24. The smallest absolute Gasteiger partial charge is 0.338 e. The van der Waals surface area contributed by atoms with Gasteiger partial charge in [-0.1, -0.05) is 24.6 Å². The van der Waals surface area contributed by atoms with Gasteiger partial charge in [-0.05, 0) is 93.2 Å². The molecule has 1 aromatic carbocycles. The molecule has 0 radical (unpaired) electrons. The number of benzene rings is 1. The number of carbonyl (C=O) groups is 2. The van der Waals surface area contributed by atoms with Crippen LogP contribution in [0.3, 0.4) is 0 Å². The van der Waals surface area contributed by atoms with Gasteiger partial charge in [0.2, 0.25) is 5.91 Å². The molecule has 2 saturated carbocycles. The molecule has 0 unspecified atom stereocenters. The second-order valence-electron chi connectivity index (χ2n) is 12.4. The Morgan fingerprint density at radius 1 is 1.11 bits per heavy atom. The Labute approximate surface area is 237 Å². The molecule has 1 saturated heterocycles. The predicted molar refractivity (Wildman–Crippen MR) is 154 cm³/mol. The zero-order valence-corrected chi connectivity index (χ0v) is 24.5. The van der Waals surface area contributed by atoms with Crippen molar-refractivity contribution < 1.29 is 14.3 Å². The van der Waals surface area contributed by atoms with Crippen molar-refractivity contribution in [1.82, 2.24) is 5.32 Å². The molecule has 1 amide bonds. The first kappa shape index (κ1) is 27.8. The fourth-order valence-corrected chi connectivity index (χ4v) is 8.66. The zero-order chi connectivity index (χ0) is 27.1. The van der Waals surface area contributed by atoms with E-state index < -0.39 is 0 Å². The number of amides is 1. The number of halogens is 2. The molecule has 0 aromatic heterocycles. The van der Waals surface area contributed by atoms with Gasteiger partial charge in [0, 0.05) is 48.9 Å². The van der Waals surface area contributed by atoms with Crippen molar-refractivity contribution in [2.24, 2.45) is 23.2 Å². The minimum absolute atomic E-state index is 0.0546. The number of allylic oxidation sites excluding steroid dienone is 1. The normalized spacial score (nSPS) is 34.2. The highest BCUT2D eigenvalue weighted by Gasteiger charge is 2.56. The van der Waals surface area contributed by atoms with Crippen molar-refractivity contribution in [2.75, 3.05) is 29.7 Å². The van der Waals surface area contributed by atoms with Crippen LogP contribution in [0, 0.1) is 30.1 Å². The molecule has 38 heavy (non-hydrogen) atoms. The lowest BCUT2D eigenvalue weighted by atomic mass is 9.48. The highest BCUT2D eigenvalue weighted by molar-refractivity contribution is 6.18. The number of hydrogen-bond acceptors (Lipinski definition) is 4. The number of rotatable bonds is 7. The van der Waals surface area contributed by atoms with Crippen molar-refractivity contribution in [3.05, 3.63) is 41.0 Å². The lowest BCUT2D eigenvalue weighted by Gasteiger charge is -2.59. The third-order valence-corrected chi connectivity index (χ3v) is 10.7. The summed E-state index contributed by atoms with van der Waals surface area (Å²) in [7, 11) is 0. The zero-order valence-electron chi connectivity index (χ0n) is 23.0. The SMILES string of the molecule is Cc1ccc(C(=O)O[C@H]2CC[C@@]3(C)C(=CC[C@@H]4[C@@H]3CC[C@]3(C)NC(=O)CC[C@@H]43)C2)cc1N(CCCl)CCCl. The fourth-order valence-electron chi connectivity index (χ4n) is 8.26. The molecule has 5 rings (SSSR count). The Kier molecular flexibility index (Phi) is 8.09. The van der Waals surface area contributed by atoms with Crippen LogP contribution in [0.15, 0.2) is 29.8 Å². The van der Waals surface area contributed by atoms with Crippen LogP contribution in [-0.2, 0) is 9.53 Å². The van der Waals surface area contributed by atoms with E-state index in [1.165, 1.54) is 5.57 Å². The minimum atomic E-state index is -0.253. The third-order valence-electron chi connectivity index (χ3n) is 10.3. The van der Waals surface area contributed by atoms with Crippen LogP contribution in [0.5, 0.6) is 0 Å². The maximum Gasteiger partial charge on any atom is 0.338 e. The van der Waals surface area contributed by atoms with E-state index in [-0.39, 0.29) is 28.9 Å². The van der Waals surface area contributed by atoms with Crippen LogP contribution in [0.1, 0.15) is 81.1 Å². The van der Waals surface area contributed by atoms with E-state index in [9.17, 15) is 9.59 Å². The number of ether oxygens (including phenoxy) is 1. The number of nitrogens with zero attached hydrogens (tertiary/aromatic N) is 1. The molecule has 7 heteroatoms. The van der Waals surface area contributed by atoms with Gasteiger partial charge in [-0.3, -0.25) is 4.79 Å². The average molecular weight is 562 g/mol. The summed E-state index contributed by atoms with van der Waals surface area (Å²) < 4.78 is 6.12. The quantitative estimate of drug-likeness (QED) is 0.231. The van der Waals surface area contributed by atoms with Gasteiger partial charge in [0.25, 0.3) is 0 Å². The summed E-state index contributed by atoms with van der Waals surface area (Å²) in [6.45, 7) is 8.12. The molecule has 3 fully saturated rings. The molecule has 0 spiro atoms. The van der Waals surface area contributed by atoms with E-state index in [1.807, 2.05) is 25.1 Å². The predicted octanol–water partition coefficient (Wildman–Crippen LogP) is 6.64. The maximum atomic E-state index is 13.3. The van der Waals surface area contributed by atoms with Crippen molar-refractivity contribution in [2.45, 2.75) is 83.8 Å². The van der Waals surface area contributed by atoms with Gasteiger partial charge in [-0.15, -0.1) is 23.2 Å². The van der Waals surface area contributed by atoms with Crippen LogP contribution in [0.4, 0.5) is 5.69 Å². The van der Waals surface area contributed by atoms with Crippen LogP contribution >= 0.6 is 23.2 Å². The second kappa shape index (κ2) is 11.0. The van der Waals surface area contributed by atoms with Crippen molar-refractivity contribution in [1.29, 1.82) is 0 Å². The van der Waals surface area contributed by atoms with Gasteiger partial charge in [-0.25, -0.2) is 4.79 Å². The van der Waals surface area contributed by atoms with Crippen LogP contribution in [0.25, 0.3) is 0 Å². The number of fused-ring (bicyclic) bond motifs is 5. The summed E-state index contributed by atoms with van der Waals surface area (Å²) in [4.78, 5) is 27.5. The average Bonchev–Trinajstić information content (AvgIpc) is 2.88. The molecule has 4 aliphatic rings. The summed E-state index contributed by atoms with van der Waals surface area (Å²) in [5, 5.41) is 3.35. The molecular formula is C31H42Cl2N2O3. The first-order valence-electron chi connectivity index (χ1n) is 14.4. The molecule has 1 N–H and O–H groups in total. The molecule has 1 aliphatic heterocycles. The number of carbonyl (C=O) groups excluding carboxylic acids is 2. The summed E-state index contributed by atoms with van der Waals surface area (Å²) in [6, 6.07) is 5.77. The van der Waals surface area contributed by atoms with Crippen LogP contribution in [0.2, 0.25) is 0 Å². The molecule has 3 aliphatic carbocycles. The number of hydrogen-bond donors (Lipinski definition) is 1. The number of esters is 1. The fraction of sp³-hybridized carbons (Fsp3) is 0.677. The lowest BCUT2D eigenvalue weighted by Crippen LogP contribution is -2.62. The topological polar surface area (TPSA) is 58.6 Å². The Morgan fingerprint density at radius 3 is 2.61 bits per heavy atom. The molecule has 1 aromatic rings. The first-order valence-corrected chi connectivity index (χ1v) is 15.4. The van der Waals surface area contributed by atoms with Gasteiger partial charge in [0.15, 0.2) is 0 Å². The number of anilines is 1. The van der Waals surface area contributed by atoms with E-state index in [1.54, 1.807) is 0 Å². The Balaban J connectivity index is 1.28. The number of piperidine rings is 1.